The van der Waals surface area contributed by atoms with Crippen LogP contribution in [-0.2, 0) is 13.0 Å². The molecule has 1 fully saturated rings. The number of pyridine rings is 1. The van der Waals surface area contributed by atoms with Crippen LogP contribution in [0.3, 0.4) is 0 Å². The van der Waals surface area contributed by atoms with Crippen LogP contribution in [0, 0.1) is 11.3 Å². The van der Waals surface area contributed by atoms with Crippen LogP contribution < -0.4 is 11.3 Å². The van der Waals surface area contributed by atoms with Gasteiger partial charge in [-0.2, -0.15) is 5.26 Å². The molecule has 2 atom stereocenters. The molecule has 1 aromatic carbocycles. The molecular formula is C19H18N4O2. The number of nitrogens with one attached hydrogen (secondary N) is 1. The molecule has 3 N–H and O–H groups in total. The molecule has 1 aromatic heterocycles. The van der Waals surface area contributed by atoms with Gasteiger partial charge in [-0.1, -0.05) is 12.1 Å². The fraction of sp³-hybridized carbons (Fsp3) is 0.316. The predicted octanol–water partition coefficient (Wildman–Crippen LogP) is 1.61. The Bertz CT molecular complexity index is 939. The molecule has 6 nitrogen and oxygen atoms in total. The van der Waals surface area contributed by atoms with Crippen LogP contribution in [-0.4, -0.2) is 21.8 Å². The van der Waals surface area contributed by atoms with E-state index in [0.717, 1.165) is 42.6 Å². The molecule has 0 saturated carbocycles. The first kappa shape index (κ1) is 15.6. The second-order valence-electron chi connectivity index (χ2n) is 6.74. The lowest BCUT2D eigenvalue weighted by Gasteiger charge is -2.36. The Labute approximate surface area is 144 Å². The molecule has 0 aliphatic carbocycles. The first-order chi connectivity index (χ1) is 12.1. The summed E-state index contributed by atoms with van der Waals surface area (Å²) >= 11 is 0. The van der Waals surface area contributed by atoms with Crippen LogP contribution in [0.25, 0.3) is 0 Å². The second-order valence-corrected chi connectivity index (χ2v) is 6.74. The normalized spacial score (nSPS) is 21.6. The minimum absolute atomic E-state index is 0.176. The highest BCUT2D eigenvalue weighted by atomic mass is 16.1. The van der Waals surface area contributed by atoms with E-state index in [-0.39, 0.29) is 17.2 Å². The molecule has 1 amide bonds. The Morgan fingerprint density at radius 2 is 2.08 bits per heavy atom. The molecule has 2 aliphatic rings. The molecule has 6 heteroatoms. The average molecular weight is 334 g/mol. The van der Waals surface area contributed by atoms with Crippen LogP contribution in [0.1, 0.15) is 51.6 Å². The highest BCUT2D eigenvalue weighted by Crippen LogP contribution is 2.43. The first-order valence-electron chi connectivity index (χ1n) is 8.37. The molecule has 126 valence electrons. The van der Waals surface area contributed by atoms with Gasteiger partial charge in [-0.15, -0.1) is 0 Å². The quantitative estimate of drug-likeness (QED) is 0.890. The minimum Gasteiger partial charge on any atom is -0.366 e. The number of H-pyrrole nitrogens is 1. The van der Waals surface area contributed by atoms with Crippen molar-refractivity contribution in [3.8, 4) is 6.07 Å². The van der Waals surface area contributed by atoms with Gasteiger partial charge in [-0.3, -0.25) is 14.5 Å². The second kappa shape index (κ2) is 5.87. The van der Waals surface area contributed by atoms with Gasteiger partial charge in [0.15, 0.2) is 0 Å². The summed E-state index contributed by atoms with van der Waals surface area (Å²) in [6, 6.07) is 11.7. The van der Waals surface area contributed by atoms with Gasteiger partial charge in [-0.05, 0) is 42.2 Å². The van der Waals surface area contributed by atoms with Crippen molar-refractivity contribution in [3.63, 3.8) is 0 Å². The molecule has 2 aliphatic heterocycles. The largest absolute Gasteiger partial charge is 0.366 e. The molecule has 0 radical (unpaired) electrons. The summed E-state index contributed by atoms with van der Waals surface area (Å²) < 4.78 is 0. The maximum Gasteiger partial charge on any atom is 0.266 e. The van der Waals surface area contributed by atoms with E-state index in [1.165, 1.54) is 0 Å². The van der Waals surface area contributed by atoms with Crippen LogP contribution in [0.5, 0.6) is 0 Å². The maximum absolute atomic E-state index is 11.9. The number of hydrogen-bond donors (Lipinski definition) is 2. The predicted molar refractivity (Wildman–Crippen MR) is 91.7 cm³/mol. The van der Waals surface area contributed by atoms with Crippen molar-refractivity contribution in [2.24, 2.45) is 5.73 Å². The van der Waals surface area contributed by atoms with E-state index in [4.69, 9.17) is 11.0 Å². The van der Waals surface area contributed by atoms with Gasteiger partial charge in [-0.25, -0.2) is 0 Å². The molecule has 4 rings (SSSR count). The number of carbonyl (C=O) groups is 1. The van der Waals surface area contributed by atoms with Gasteiger partial charge < -0.3 is 10.7 Å². The maximum atomic E-state index is 11.9. The number of aromatic amines is 1. The molecule has 25 heavy (non-hydrogen) atoms. The van der Waals surface area contributed by atoms with E-state index < -0.39 is 5.91 Å². The Morgan fingerprint density at radius 1 is 1.32 bits per heavy atom. The molecular weight excluding hydrogens is 316 g/mol. The summed E-state index contributed by atoms with van der Waals surface area (Å²) in [5.41, 5.74) is 8.84. The third-order valence-corrected chi connectivity index (χ3v) is 5.32. The lowest BCUT2D eigenvalue weighted by Crippen LogP contribution is -2.38. The zero-order valence-electron chi connectivity index (χ0n) is 13.7. The number of carbonyl (C=O) groups excluding carboxylic acids is 1. The lowest BCUT2D eigenvalue weighted by molar-refractivity contribution is 0.1000. The number of rotatable bonds is 3. The molecule has 3 heterocycles. The summed E-state index contributed by atoms with van der Waals surface area (Å²) in [7, 11) is 0. The van der Waals surface area contributed by atoms with Gasteiger partial charge in [0.05, 0.1) is 0 Å². The smallest absolute Gasteiger partial charge is 0.266 e. The van der Waals surface area contributed by atoms with Crippen molar-refractivity contribution in [1.82, 2.24) is 9.88 Å². The van der Waals surface area contributed by atoms with Crippen molar-refractivity contribution in [3.05, 3.63) is 68.6 Å². The molecule has 1 saturated heterocycles. The van der Waals surface area contributed by atoms with Crippen LogP contribution >= 0.6 is 0 Å². The standard InChI is InChI=1S/C19H18N4O2/c20-9-13-7-15-16(22-19(13)25)8-14-5-6-17(15)23(14)10-11-1-3-12(4-2-11)18(21)24/h1-4,7,14,17H,5-6,8,10H2,(H2,21,24)(H,22,25). The molecule has 2 bridgehead atoms. The highest BCUT2D eigenvalue weighted by molar-refractivity contribution is 5.92. The molecule has 0 spiro atoms. The number of fused-ring (bicyclic) bond motifs is 4. The zero-order chi connectivity index (χ0) is 17.6. The number of nitrogens with zero attached hydrogens (tertiary/aromatic N) is 2. The van der Waals surface area contributed by atoms with E-state index in [1.807, 2.05) is 18.2 Å². The fourth-order valence-corrected chi connectivity index (χ4v) is 4.08. The van der Waals surface area contributed by atoms with E-state index in [1.54, 1.807) is 18.2 Å². The summed E-state index contributed by atoms with van der Waals surface area (Å²) in [6.07, 6.45) is 2.89. The summed E-state index contributed by atoms with van der Waals surface area (Å²) in [5, 5.41) is 9.14. The SMILES string of the molecule is N#Cc1cc2c([nH]c1=O)CC1CCC2N1Cc1ccc(C(N)=O)cc1. The van der Waals surface area contributed by atoms with Crippen LogP contribution in [0.15, 0.2) is 35.1 Å². The van der Waals surface area contributed by atoms with E-state index in [9.17, 15) is 9.59 Å². The van der Waals surface area contributed by atoms with Crippen molar-refractivity contribution < 1.29 is 4.79 Å². The number of benzene rings is 1. The number of amides is 1. The van der Waals surface area contributed by atoms with Crippen molar-refractivity contribution in [2.75, 3.05) is 0 Å². The van der Waals surface area contributed by atoms with Crippen molar-refractivity contribution in [1.29, 1.82) is 5.26 Å². The van der Waals surface area contributed by atoms with Gasteiger partial charge >= 0.3 is 0 Å². The monoisotopic (exact) mass is 334 g/mol. The topological polar surface area (TPSA) is 103 Å². The van der Waals surface area contributed by atoms with E-state index in [2.05, 4.69) is 9.88 Å². The van der Waals surface area contributed by atoms with Gasteiger partial charge in [0.1, 0.15) is 11.6 Å². The van der Waals surface area contributed by atoms with Crippen molar-refractivity contribution in [2.45, 2.75) is 37.9 Å². The fourth-order valence-electron chi connectivity index (χ4n) is 4.08. The third-order valence-electron chi connectivity index (χ3n) is 5.32. The number of nitrogens with two attached hydrogens (primary N) is 1. The number of hydrogen-bond acceptors (Lipinski definition) is 4. The number of aromatic nitrogens is 1. The lowest BCUT2D eigenvalue weighted by atomic mass is 9.95. The first-order valence-corrected chi connectivity index (χ1v) is 8.37. The Hall–Kier alpha value is -2.91. The highest BCUT2D eigenvalue weighted by Gasteiger charge is 2.40. The van der Waals surface area contributed by atoms with Crippen molar-refractivity contribution >= 4 is 5.91 Å². The molecule has 2 aromatic rings. The van der Waals surface area contributed by atoms with Gasteiger partial charge in [0.2, 0.25) is 5.91 Å². The summed E-state index contributed by atoms with van der Waals surface area (Å²) in [6.45, 7) is 0.773. The van der Waals surface area contributed by atoms with Gasteiger partial charge in [0, 0.05) is 36.3 Å². The summed E-state index contributed by atoms with van der Waals surface area (Å²) in [5.74, 6) is -0.425. The average Bonchev–Trinajstić information content (AvgIpc) is 2.88. The Kier molecular flexibility index (Phi) is 3.66. The minimum atomic E-state index is -0.425. The van der Waals surface area contributed by atoms with E-state index in [0.29, 0.717) is 11.6 Å². The Balaban J connectivity index is 1.63. The number of primary amides is 1. The summed E-state index contributed by atoms with van der Waals surface area (Å²) in [4.78, 5) is 28.4. The van der Waals surface area contributed by atoms with Crippen LogP contribution in [0.4, 0.5) is 0 Å². The van der Waals surface area contributed by atoms with Gasteiger partial charge in [0.25, 0.3) is 5.56 Å². The van der Waals surface area contributed by atoms with E-state index >= 15 is 0 Å². The zero-order valence-corrected chi connectivity index (χ0v) is 13.7. The number of nitriles is 1. The Morgan fingerprint density at radius 3 is 2.76 bits per heavy atom. The molecule has 2 unspecified atom stereocenters. The third kappa shape index (κ3) is 2.63. The van der Waals surface area contributed by atoms with Crippen LogP contribution in [0.2, 0.25) is 0 Å².